The Hall–Kier alpha value is 0.240. The zero-order valence-electron chi connectivity index (χ0n) is 6.91. The molecule has 0 aromatic carbocycles. The van der Waals surface area contributed by atoms with E-state index in [1.807, 2.05) is 0 Å². The summed E-state index contributed by atoms with van der Waals surface area (Å²) >= 11 is 0. The summed E-state index contributed by atoms with van der Waals surface area (Å²) in [5, 5.41) is 3.34. The SMILES string of the molecule is CN(C)CC1C=CCN1.Cl.Cl. The maximum atomic E-state index is 3.34. The normalized spacial score (nSPS) is 21.2. The van der Waals surface area contributed by atoms with Crippen LogP contribution in [0.5, 0.6) is 0 Å². The third kappa shape index (κ3) is 5.50. The zero-order valence-corrected chi connectivity index (χ0v) is 8.54. The minimum atomic E-state index is 0. The highest BCUT2D eigenvalue weighted by atomic mass is 35.5. The summed E-state index contributed by atoms with van der Waals surface area (Å²) in [6.45, 7) is 2.15. The van der Waals surface area contributed by atoms with E-state index >= 15 is 0 Å². The second-order valence-electron chi connectivity index (χ2n) is 2.71. The zero-order chi connectivity index (χ0) is 6.69. The van der Waals surface area contributed by atoms with Crippen molar-refractivity contribution in [3.63, 3.8) is 0 Å². The van der Waals surface area contributed by atoms with Crippen LogP contribution >= 0.6 is 24.8 Å². The Balaban J connectivity index is 0. The predicted octanol–water partition coefficient (Wildman–Crippen LogP) is 0.920. The number of hydrogen-bond donors (Lipinski definition) is 1. The average molecular weight is 199 g/mol. The van der Waals surface area contributed by atoms with Gasteiger partial charge in [-0.1, -0.05) is 12.2 Å². The van der Waals surface area contributed by atoms with Gasteiger partial charge in [0, 0.05) is 19.1 Å². The first-order chi connectivity index (χ1) is 4.29. The second-order valence-corrected chi connectivity index (χ2v) is 2.71. The van der Waals surface area contributed by atoms with Crippen molar-refractivity contribution in [3.05, 3.63) is 12.2 Å². The molecule has 4 heteroatoms. The molecule has 2 nitrogen and oxygen atoms in total. The van der Waals surface area contributed by atoms with Crippen molar-refractivity contribution in [2.24, 2.45) is 0 Å². The minimum Gasteiger partial charge on any atom is -0.308 e. The molecule has 1 N–H and O–H groups in total. The van der Waals surface area contributed by atoms with Crippen LogP contribution in [-0.4, -0.2) is 38.1 Å². The van der Waals surface area contributed by atoms with Crippen LogP contribution in [0.15, 0.2) is 12.2 Å². The standard InChI is InChI=1S/C7H14N2.2ClH/c1-9(2)6-7-4-3-5-8-7;;/h3-4,7-8H,5-6H2,1-2H3;2*1H. The van der Waals surface area contributed by atoms with Crippen LogP contribution < -0.4 is 5.32 Å². The monoisotopic (exact) mass is 198 g/mol. The highest BCUT2D eigenvalue weighted by molar-refractivity contribution is 5.85. The molecule has 11 heavy (non-hydrogen) atoms. The lowest BCUT2D eigenvalue weighted by molar-refractivity contribution is 0.378. The van der Waals surface area contributed by atoms with Crippen LogP contribution in [0.3, 0.4) is 0 Å². The van der Waals surface area contributed by atoms with Gasteiger partial charge in [-0.25, -0.2) is 0 Å². The summed E-state index contributed by atoms with van der Waals surface area (Å²) in [5.41, 5.74) is 0. The molecule has 0 aromatic heterocycles. The Kier molecular flexibility index (Phi) is 8.68. The molecule has 1 aliphatic rings. The van der Waals surface area contributed by atoms with Crippen molar-refractivity contribution in [2.45, 2.75) is 6.04 Å². The molecule has 68 valence electrons. The predicted molar refractivity (Wildman–Crippen MR) is 54.0 cm³/mol. The molecule has 0 aromatic rings. The largest absolute Gasteiger partial charge is 0.308 e. The molecule has 1 atom stereocenters. The molecule has 0 saturated heterocycles. The average Bonchev–Trinajstić information content (AvgIpc) is 2.15. The molecular weight excluding hydrogens is 183 g/mol. The second kappa shape index (κ2) is 6.92. The highest BCUT2D eigenvalue weighted by Crippen LogP contribution is 1.94. The quantitative estimate of drug-likeness (QED) is 0.665. The number of rotatable bonds is 2. The number of halogens is 2. The van der Waals surface area contributed by atoms with Gasteiger partial charge in [-0.05, 0) is 14.1 Å². The third-order valence-electron chi connectivity index (χ3n) is 1.43. The van der Waals surface area contributed by atoms with E-state index < -0.39 is 0 Å². The first-order valence-electron chi connectivity index (χ1n) is 3.34. The van der Waals surface area contributed by atoms with E-state index in [9.17, 15) is 0 Å². The Morgan fingerprint density at radius 3 is 2.45 bits per heavy atom. The first-order valence-corrected chi connectivity index (χ1v) is 3.34. The smallest absolute Gasteiger partial charge is 0.0381 e. The molecule has 0 spiro atoms. The van der Waals surface area contributed by atoms with Gasteiger partial charge in [-0.15, -0.1) is 24.8 Å². The van der Waals surface area contributed by atoms with Crippen molar-refractivity contribution < 1.29 is 0 Å². The number of hydrogen-bond acceptors (Lipinski definition) is 2. The summed E-state index contributed by atoms with van der Waals surface area (Å²) in [6, 6.07) is 0.583. The summed E-state index contributed by atoms with van der Waals surface area (Å²) < 4.78 is 0. The molecule has 1 aliphatic heterocycles. The van der Waals surface area contributed by atoms with Crippen LogP contribution in [0, 0.1) is 0 Å². The molecule has 0 radical (unpaired) electrons. The van der Waals surface area contributed by atoms with E-state index in [1.165, 1.54) is 0 Å². The number of nitrogens with one attached hydrogen (secondary N) is 1. The molecular formula is C7H16Cl2N2. The van der Waals surface area contributed by atoms with Crippen molar-refractivity contribution in [3.8, 4) is 0 Å². The van der Waals surface area contributed by atoms with Gasteiger partial charge in [0.25, 0.3) is 0 Å². The maximum Gasteiger partial charge on any atom is 0.0381 e. The third-order valence-corrected chi connectivity index (χ3v) is 1.43. The maximum absolute atomic E-state index is 3.34. The Morgan fingerprint density at radius 2 is 2.09 bits per heavy atom. The molecule has 0 aliphatic carbocycles. The summed E-state index contributed by atoms with van der Waals surface area (Å²) in [7, 11) is 4.18. The van der Waals surface area contributed by atoms with Crippen molar-refractivity contribution in [1.82, 2.24) is 10.2 Å². The molecule has 0 fully saturated rings. The Bertz CT molecular complexity index is 115. The van der Waals surface area contributed by atoms with Gasteiger partial charge in [0.2, 0.25) is 0 Å². The lowest BCUT2D eigenvalue weighted by Crippen LogP contribution is -2.33. The van der Waals surface area contributed by atoms with Gasteiger partial charge in [0.05, 0.1) is 0 Å². The minimum absolute atomic E-state index is 0. The van der Waals surface area contributed by atoms with Crippen LogP contribution in [0.25, 0.3) is 0 Å². The van der Waals surface area contributed by atoms with E-state index in [2.05, 4.69) is 36.5 Å². The first kappa shape index (κ1) is 13.8. The lowest BCUT2D eigenvalue weighted by atomic mass is 10.3. The molecule has 1 heterocycles. The Labute approximate surface area is 80.8 Å². The van der Waals surface area contributed by atoms with Gasteiger partial charge >= 0.3 is 0 Å². The van der Waals surface area contributed by atoms with Crippen LogP contribution in [-0.2, 0) is 0 Å². The van der Waals surface area contributed by atoms with Crippen LogP contribution in [0.1, 0.15) is 0 Å². The van der Waals surface area contributed by atoms with Gasteiger partial charge in [-0.3, -0.25) is 0 Å². The van der Waals surface area contributed by atoms with E-state index in [4.69, 9.17) is 0 Å². The van der Waals surface area contributed by atoms with E-state index in [1.54, 1.807) is 0 Å². The Morgan fingerprint density at radius 1 is 1.45 bits per heavy atom. The van der Waals surface area contributed by atoms with Crippen LogP contribution in [0.4, 0.5) is 0 Å². The van der Waals surface area contributed by atoms with Gasteiger partial charge in [-0.2, -0.15) is 0 Å². The molecule has 0 amide bonds. The number of nitrogens with zero attached hydrogens (tertiary/aromatic N) is 1. The molecule has 0 bridgehead atoms. The van der Waals surface area contributed by atoms with Crippen LogP contribution in [0.2, 0.25) is 0 Å². The summed E-state index contributed by atoms with van der Waals surface area (Å²) in [4.78, 5) is 2.19. The van der Waals surface area contributed by atoms with E-state index in [0.29, 0.717) is 6.04 Å². The van der Waals surface area contributed by atoms with E-state index in [-0.39, 0.29) is 24.8 Å². The van der Waals surface area contributed by atoms with Crippen molar-refractivity contribution >= 4 is 24.8 Å². The van der Waals surface area contributed by atoms with Crippen molar-refractivity contribution in [2.75, 3.05) is 27.2 Å². The van der Waals surface area contributed by atoms with Gasteiger partial charge in [0.1, 0.15) is 0 Å². The fourth-order valence-electron chi connectivity index (χ4n) is 1.04. The highest BCUT2D eigenvalue weighted by Gasteiger charge is 2.07. The van der Waals surface area contributed by atoms with Gasteiger partial charge < -0.3 is 10.2 Å². The molecule has 1 rings (SSSR count). The molecule has 0 saturated carbocycles. The fourth-order valence-corrected chi connectivity index (χ4v) is 1.04. The van der Waals surface area contributed by atoms with Crippen molar-refractivity contribution in [1.29, 1.82) is 0 Å². The molecule has 1 unspecified atom stereocenters. The fraction of sp³-hybridized carbons (Fsp3) is 0.714. The lowest BCUT2D eigenvalue weighted by Gasteiger charge is -2.14. The van der Waals surface area contributed by atoms with E-state index in [0.717, 1.165) is 13.1 Å². The van der Waals surface area contributed by atoms with Gasteiger partial charge in [0.15, 0.2) is 0 Å². The summed E-state index contributed by atoms with van der Waals surface area (Å²) in [5.74, 6) is 0. The summed E-state index contributed by atoms with van der Waals surface area (Å²) in [6.07, 6.45) is 4.40. The number of likely N-dealkylation sites (N-methyl/N-ethyl adjacent to an activating group) is 1. The topological polar surface area (TPSA) is 15.3 Å².